The number of amides is 1. The van der Waals surface area contributed by atoms with E-state index in [-0.39, 0.29) is 11.9 Å². The van der Waals surface area contributed by atoms with Crippen LogP contribution in [-0.4, -0.2) is 16.1 Å². The molecule has 0 radical (unpaired) electrons. The Hall–Kier alpha value is -2.66. The molecule has 6 heteroatoms. The second kappa shape index (κ2) is 6.62. The molecule has 0 saturated carbocycles. The van der Waals surface area contributed by atoms with Gasteiger partial charge in [0.25, 0.3) is 5.91 Å². The molecule has 1 amide bonds. The second-order valence-corrected chi connectivity index (χ2v) is 5.51. The number of hydrogen-bond donors (Lipinski definition) is 1. The maximum atomic E-state index is 12.3. The number of carbonyl (C=O) groups is 1. The van der Waals surface area contributed by atoms with Crippen molar-refractivity contribution in [2.24, 2.45) is 0 Å². The summed E-state index contributed by atoms with van der Waals surface area (Å²) in [6.45, 7) is 1.91. The molecule has 1 aromatic heterocycles. The van der Waals surface area contributed by atoms with Crippen LogP contribution in [0.5, 0.6) is 0 Å². The summed E-state index contributed by atoms with van der Waals surface area (Å²) >= 11 is 5.98. The highest BCUT2D eigenvalue weighted by Gasteiger charge is 2.12. The van der Waals surface area contributed by atoms with E-state index in [1.807, 2.05) is 25.1 Å². The molecule has 5 nitrogen and oxygen atoms in total. The van der Waals surface area contributed by atoms with Crippen molar-refractivity contribution in [1.29, 1.82) is 0 Å². The summed E-state index contributed by atoms with van der Waals surface area (Å²) in [4.78, 5) is 12.3. The average Bonchev–Trinajstić information content (AvgIpc) is 3.09. The molecule has 3 rings (SSSR count). The lowest BCUT2D eigenvalue weighted by Crippen LogP contribution is -2.26. The molecule has 23 heavy (non-hydrogen) atoms. The van der Waals surface area contributed by atoms with Gasteiger partial charge in [0.2, 0.25) is 12.3 Å². The van der Waals surface area contributed by atoms with Gasteiger partial charge in [-0.1, -0.05) is 23.7 Å². The quantitative estimate of drug-likeness (QED) is 0.789. The Morgan fingerprint density at radius 1 is 1.22 bits per heavy atom. The Kier molecular flexibility index (Phi) is 4.39. The number of benzene rings is 2. The highest BCUT2D eigenvalue weighted by molar-refractivity contribution is 6.30. The van der Waals surface area contributed by atoms with Gasteiger partial charge in [-0.15, -0.1) is 10.2 Å². The van der Waals surface area contributed by atoms with Crippen LogP contribution in [0.15, 0.2) is 59.3 Å². The van der Waals surface area contributed by atoms with E-state index in [0.717, 1.165) is 11.1 Å². The van der Waals surface area contributed by atoms with Gasteiger partial charge in [-0.2, -0.15) is 0 Å². The number of hydrogen-bond acceptors (Lipinski definition) is 4. The van der Waals surface area contributed by atoms with E-state index in [4.69, 9.17) is 16.0 Å². The highest BCUT2D eigenvalue weighted by atomic mass is 35.5. The molecule has 116 valence electrons. The molecule has 0 fully saturated rings. The lowest BCUT2D eigenvalue weighted by Gasteiger charge is -2.14. The van der Waals surface area contributed by atoms with E-state index < -0.39 is 0 Å². The van der Waals surface area contributed by atoms with E-state index in [1.165, 1.54) is 6.39 Å². The van der Waals surface area contributed by atoms with Gasteiger partial charge < -0.3 is 9.73 Å². The lowest BCUT2D eigenvalue weighted by atomic mass is 10.1. The monoisotopic (exact) mass is 327 g/mol. The van der Waals surface area contributed by atoms with Crippen LogP contribution >= 0.6 is 11.6 Å². The topological polar surface area (TPSA) is 68.0 Å². The summed E-state index contributed by atoms with van der Waals surface area (Å²) in [6.07, 6.45) is 1.27. The first kappa shape index (κ1) is 15.2. The third kappa shape index (κ3) is 3.57. The third-order valence-corrected chi connectivity index (χ3v) is 3.69. The molecular formula is C17H14ClN3O2. The van der Waals surface area contributed by atoms with Crippen LogP contribution in [0.2, 0.25) is 5.02 Å². The largest absolute Gasteiger partial charge is 0.423 e. The number of nitrogens with zero attached hydrogens (tertiary/aromatic N) is 2. The van der Waals surface area contributed by atoms with Crippen molar-refractivity contribution in [1.82, 2.24) is 15.5 Å². The number of nitrogens with one attached hydrogen (secondary N) is 1. The molecule has 0 unspecified atom stereocenters. The van der Waals surface area contributed by atoms with Crippen molar-refractivity contribution in [3.63, 3.8) is 0 Å². The van der Waals surface area contributed by atoms with Crippen molar-refractivity contribution in [3.8, 4) is 11.5 Å². The Labute approximate surface area is 138 Å². The van der Waals surface area contributed by atoms with Gasteiger partial charge in [-0.05, 0) is 48.9 Å². The Morgan fingerprint density at radius 2 is 2.00 bits per heavy atom. The SMILES string of the molecule is C[C@H](NC(=O)c1ccc(-c2nnco2)cc1)c1cccc(Cl)c1. The van der Waals surface area contributed by atoms with Crippen LogP contribution < -0.4 is 5.32 Å². The molecule has 2 aromatic carbocycles. The normalized spacial score (nSPS) is 11.9. The smallest absolute Gasteiger partial charge is 0.251 e. The highest BCUT2D eigenvalue weighted by Crippen LogP contribution is 2.19. The van der Waals surface area contributed by atoms with Crippen molar-refractivity contribution < 1.29 is 9.21 Å². The number of carbonyl (C=O) groups excluding carboxylic acids is 1. The molecule has 0 aliphatic carbocycles. The fourth-order valence-corrected chi connectivity index (χ4v) is 2.40. The van der Waals surface area contributed by atoms with E-state index in [2.05, 4.69) is 15.5 Å². The van der Waals surface area contributed by atoms with Gasteiger partial charge in [0.15, 0.2) is 0 Å². The molecule has 1 N–H and O–H groups in total. The van der Waals surface area contributed by atoms with Crippen LogP contribution in [0.1, 0.15) is 28.9 Å². The number of halogens is 1. The summed E-state index contributed by atoms with van der Waals surface area (Å²) in [6, 6.07) is 14.3. The van der Waals surface area contributed by atoms with Crippen LogP contribution in [-0.2, 0) is 0 Å². The zero-order valence-electron chi connectivity index (χ0n) is 12.4. The minimum absolute atomic E-state index is 0.142. The van der Waals surface area contributed by atoms with Crippen molar-refractivity contribution >= 4 is 17.5 Å². The van der Waals surface area contributed by atoms with Crippen LogP contribution in [0, 0.1) is 0 Å². The predicted octanol–water partition coefficient (Wildman–Crippen LogP) is 3.88. The molecule has 0 aliphatic rings. The van der Waals surface area contributed by atoms with E-state index in [1.54, 1.807) is 30.3 Å². The van der Waals surface area contributed by atoms with Gasteiger partial charge in [-0.3, -0.25) is 4.79 Å². The van der Waals surface area contributed by atoms with Gasteiger partial charge in [0.1, 0.15) is 0 Å². The Bertz CT molecular complexity index is 801. The van der Waals surface area contributed by atoms with E-state index in [9.17, 15) is 4.79 Å². The van der Waals surface area contributed by atoms with E-state index >= 15 is 0 Å². The van der Waals surface area contributed by atoms with Crippen molar-refractivity contribution in [2.75, 3.05) is 0 Å². The zero-order chi connectivity index (χ0) is 16.2. The molecule has 3 aromatic rings. The zero-order valence-corrected chi connectivity index (χ0v) is 13.1. The third-order valence-electron chi connectivity index (χ3n) is 3.45. The molecule has 0 bridgehead atoms. The van der Waals surface area contributed by atoms with E-state index in [0.29, 0.717) is 16.5 Å². The van der Waals surface area contributed by atoms with Crippen LogP contribution in [0.3, 0.4) is 0 Å². The molecule has 0 spiro atoms. The van der Waals surface area contributed by atoms with Crippen LogP contribution in [0.4, 0.5) is 0 Å². The van der Waals surface area contributed by atoms with Crippen molar-refractivity contribution in [3.05, 3.63) is 71.1 Å². The predicted molar refractivity (Wildman–Crippen MR) is 87.1 cm³/mol. The maximum Gasteiger partial charge on any atom is 0.251 e. The summed E-state index contributed by atoms with van der Waals surface area (Å²) in [7, 11) is 0. The number of rotatable bonds is 4. The molecular weight excluding hydrogens is 314 g/mol. The fourth-order valence-electron chi connectivity index (χ4n) is 2.20. The lowest BCUT2D eigenvalue weighted by molar-refractivity contribution is 0.0940. The minimum atomic E-state index is -0.158. The fraction of sp³-hybridized carbons (Fsp3) is 0.118. The summed E-state index contributed by atoms with van der Waals surface area (Å²) in [5.74, 6) is 0.263. The maximum absolute atomic E-state index is 12.3. The first-order chi connectivity index (χ1) is 11.1. The Balaban J connectivity index is 1.71. The molecule has 1 heterocycles. The van der Waals surface area contributed by atoms with Crippen LogP contribution in [0.25, 0.3) is 11.5 Å². The minimum Gasteiger partial charge on any atom is -0.423 e. The standard InChI is InChI=1S/C17H14ClN3O2/c1-11(14-3-2-4-15(18)9-14)20-16(22)12-5-7-13(8-6-12)17-21-19-10-23-17/h2-11H,1H3,(H,20,22)/t11-/m0/s1. The van der Waals surface area contributed by atoms with Gasteiger partial charge >= 0.3 is 0 Å². The first-order valence-corrected chi connectivity index (χ1v) is 7.44. The molecule has 0 saturated heterocycles. The van der Waals surface area contributed by atoms with Gasteiger partial charge in [0.05, 0.1) is 6.04 Å². The number of aromatic nitrogens is 2. The van der Waals surface area contributed by atoms with Crippen molar-refractivity contribution in [2.45, 2.75) is 13.0 Å². The first-order valence-electron chi connectivity index (χ1n) is 7.06. The summed E-state index contributed by atoms with van der Waals surface area (Å²) < 4.78 is 5.12. The molecule has 0 aliphatic heterocycles. The second-order valence-electron chi connectivity index (χ2n) is 5.07. The molecule has 1 atom stereocenters. The average molecular weight is 328 g/mol. The summed E-state index contributed by atoms with van der Waals surface area (Å²) in [5.41, 5.74) is 2.28. The van der Waals surface area contributed by atoms with Gasteiger partial charge in [-0.25, -0.2) is 0 Å². The summed E-state index contributed by atoms with van der Waals surface area (Å²) in [5, 5.41) is 11.0. The Morgan fingerprint density at radius 3 is 2.65 bits per heavy atom. The van der Waals surface area contributed by atoms with Gasteiger partial charge in [0, 0.05) is 16.1 Å².